The zero-order valence-corrected chi connectivity index (χ0v) is 18.8. The van der Waals surface area contributed by atoms with Crippen LogP contribution in [0.2, 0.25) is 0 Å². The highest BCUT2D eigenvalue weighted by molar-refractivity contribution is 7.98. The van der Waals surface area contributed by atoms with Crippen LogP contribution in [-0.2, 0) is 20.6 Å². The third-order valence-electron chi connectivity index (χ3n) is 4.59. The summed E-state index contributed by atoms with van der Waals surface area (Å²) in [6.45, 7) is 2.34. The van der Waals surface area contributed by atoms with Crippen molar-refractivity contribution in [2.75, 3.05) is 42.1 Å². The number of fused-ring (bicyclic) bond motifs is 1. The lowest BCUT2D eigenvalue weighted by Crippen LogP contribution is -2.42. The van der Waals surface area contributed by atoms with E-state index in [4.69, 9.17) is 9.47 Å². The van der Waals surface area contributed by atoms with E-state index in [1.807, 2.05) is 0 Å². The molecule has 0 unspecified atom stereocenters. The number of benzene rings is 2. The van der Waals surface area contributed by atoms with E-state index in [1.54, 1.807) is 36.4 Å². The normalized spacial score (nSPS) is 13.0. The molecule has 1 N–H and O–H groups in total. The van der Waals surface area contributed by atoms with Gasteiger partial charge in [-0.2, -0.15) is 11.8 Å². The highest BCUT2D eigenvalue weighted by Gasteiger charge is 2.25. The summed E-state index contributed by atoms with van der Waals surface area (Å²) < 4.78 is 50.9. The number of ether oxygens (including phenoxy) is 2. The molecule has 0 saturated carbocycles. The fraction of sp³-hybridized carbons (Fsp3) is 0.381. The van der Waals surface area contributed by atoms with E-state index < -0.39 is 15.9 Å². The van der Waals surface area contributed by atoms with E-state index >= 15 is 0 Å². The van der Waals surface area contributed by atoms with Crippen LogP contribution in [0.5, 0.6) is 11.5 Å². The molecule has 2 aromatic rings. The molecule has 0 atom stereocenters. The maximum absolute atomic E-state index is 13.6. The number of sulfonamides is 1. The van der Waals surface area contributed by atoms with Crippen LogP contribution in [0.1, 0.15) is 12.5 Å². The van der Waals surface area contributed by atoms with Crippen molar-refractivity contribution in [3.63, 3.8) is 0 Å². The van der Waals surface area contributed by atoms with Gasteiger partial charge in [0.2, 0.25) is 15.9 Å². The standard InChI is InChI=1S/C21H25FN2O5S2/c1-2-31(26,27)24(17-7-8-19-20(13-17)29-11-10-28-19)14-21(25)23-9-12-30-15-16-5-3-4-6-18(16)22/h3-8,13H,2,9-12,14-15H2,1H3,(H,23,25). The van der Waals surface area contributed by atoms with Crippen LogP contribution in [0.4, 0.5) is 10.1 Å². The van der Waals surface area contributed by atoms with Gasteiger partial charge in [-0.1, -0.05) is 18.2 Å². The molecule has 1 aliphatic heterocycles. The Morgan fingerprint density at radius 2 is 1.90 bits per heavy atom. The number of carbonyl (C=O) groups excluding carboxylic acids is 1. The lowest BCUT2D eigenvalue weighted by molar-refractivity contribution is -0.119. The van der Waals surface area contributed by atoms with Crippen LogP contribution in [0, 0.1) is 5.82 Å². The Balaban J connectivity index is 1.56. The average molecular weight is 469 g/mol. The number of hydrogen-bond donors (Lipinski definition) is 1. The summed E-state index contributed by atoms with van der Waals surface area (Å²) in [4.78, 5) is 12.4. The van der Waals surface area contributed by atoms with Gasteiger partial charge < -0.3 is 14.8 Å². The number of rotatable bonds is 10. The lowest BCUT2D eigenvalue weighted by atomic mass is 10.2. The van der Waals surface area contributed by atoms with Crippen LogP contribution in [0.3, 0.4) is 0 Å². The van der Waals surface area contributed by atoms with E-state index in [0.717, 1.165) is 4.31 Å². The summed E-state index contributed by atoms with van der Waals surface area (Å²) in [5.41, 5.74) is 0.952. The van der Waals surface area contributed by atoms with Gasteiger partial charge in [0.05, 0.1) is 11.4 Å². The van der Waals surface area contributed by atoms with Gasteiger partial charge in [0.15, 0.2) is 11.5 Å². The molecule has 0 aromatic heterocycles. The van der Waals surface area contributed by atoms with Crippen molar-refractivity contribution < 1.29 is 27.1 Å². The minimum absolute atomic E-state index is 0.146. The molecule has 0 fully saturated rings. The number of carbonyl (C=O) groups is 1. The molecule has 7 nitrogen and oxygen atoms in total. The molecule has 31 heavy (non-hydrogen) atoms. The lowest BCUT2D eigenvalue weighted by Gasteiger charge is -2.25. The molecular weight excluding hydrogens is 443 g/mol. The molecule has 3 rings (SSSR count). The summed E-state index contributed by atoms with van der Waals surface area (Å²) in [5, 5.41) is 2.73. The minimum atomic E-state index is -3.68. The Labute approximate surface area is 186 Å². The van der Waals surface area contributed by atoms with Crippen LogP contribution in [0.25, 0.3) is 0 Å². The number of halogens is 1. The van der Waals surface area contributed by atoms with Gasteiger partial charge in [0.25, 0.3) is 0 Å². The molecule has 0 aliphatic carbocycles. The van der Waals surface area contributed by atoms with Crippen molar-refractivity contribution in [3.8, 4) is 11.5 Å². The zero-order chi connectivity index (χ0) is 22.3. The number of hydrogen-bond acceptors (Lipinski definition) is 6. The van der Waals surface area contributed by atoms with E-state index in [-0.39, 0.29) is 18.1 Å². The van der Waals surface area contributed by atoms with E-state index in [0.29, 0.717) is 54.0 Å². The molecule has 1 heterocycles. The Kier molecular flexibility index (Phi) is 8.03. The predicted molar refractivity (Wildman–Crippen MR) is 120 cm³/mol. The zero-order valence-electron chi connectivity index (χ0n) is 17.2. The summed E-state index contributed by atoms with van der Waals surface area (Å²) in [5.74, 6) is 1.25. The van der Waals surface area contributed by atoms with Gasteiger partial charge in [0, 0.05) is 24.1 Å². The molecule has 0 spiro atoms. The second-order valence-corrected chi connectivity index (χ2v) is 10.0. The van der Waals surface area contributed by atoms with Gasteiger partial charge >= 0.3 is 0 Å². The third kappa shape index (κ3) is 6.27. The van der Waals surface area contributed by atoms with Crippen molar-refractivity contribution in [3.05, 3.63) is 53.8 Å². The van der Waals surface area contributed by atoms with E-state index in [2.05, 4.69) is 5.32 Å². The highest BCUT2D eigenvalue weighted by Crippen LogP contribution is 2.34. The Morgan fingerprint density at radius 1 is 1.16 bits per heavy atom. The van der Waals surface area contributed by atoms with Crippen molar-refractivity contribution in [1.29, 1.82) is 0 Å². The van der Waals surface area contributed by atoms with Crippen molar-refractivity contribution in [1.82, 2.24) is 5.32 Å². The number of amides is 1. The number of nitrogens with zero attached hydrogens (tertiary/aromatic N) is 1. The second-order valence-electron chi connectivity index (χ2n) is 6.73. The fourth-order valence-corrected chi connectivity index (χ4v) is 4.84. The maximum Gasteiger partial charge on any atom is 0.240 e. The van der Waals surface area contributed by atoms with Crippen LogP contribution >= 0.6 is 11.8 Å². The molecule has 2 aromatic carbocycles. The Bertz CT molecular complexity index is 1020. The average Bonchev–Trinajstić information content (AvgIpc) is 2.78. The van der Waals surface area contributed by atoms with Gasteiger partial charge in [-0.3, -0.25) is 9.10 Å². The first-order valence-corrected chi connectivity index (χ1v) is 12.6. The summed E-state index contributed by atoms with van der Waals surface area (Å²) in [6.07, 6.45) is 0. The predicted octanol–water partition coefficient (Wildman–Crippen LogP) is 2.80. The first kappa shape index (κ1) is 23.2. The van der Waals surface area contributed by atoms with Crippen molar-refractivity contribution in [2.24, 2.45) is 0 Å². The smallest absolute Gasteiger partial charge is 0.240 e. The van der Waals surface area contributed by atoms with Gasteiger partial charge in [-0.25, -0.2) is 12.8 Å². The van der Waals surface area contributed by atoms with Crippen molar-refractivity contribution in [2.45, 2.75) is 12.7 Å². The Hall–Kier alpha value is -2.46. The van der Waals surface area contributed by atoms with E-state index in [9.17, 15) is 17.6 Å². The fourth-order valence-electron chi connectivity index (χ4n) is 2.94. The van der Waals surface area contributed by atoms with Gasteiger partial charge in [-0.15, -0.1) is 0 Å². The molecule has 168 valence electrons. The molecule has 0 saturated heterocycles. The molecule has 0 bridgehead atoms. The molecule has 1 amide bonds. The van der Waals surface area contributed by atoms with Crippen LogP contribution in [-0.4, -0.2) is 52.1 Å². The van der Waals surface area contributed by atoms with Crippen molar-refractivity contribution >= 4 is 33.4 Å². The number of anilines is 1. The van der Waals surface area contributed by atoms with Gasteiger partial charge in [0.1, 0.15) is 25.6 Å². The summed E-state index contributed by atoms with van der Waals surface area (Å²) in [7, 11) is -3.68. The second kappa shape index (κ2) is 10.7. The third-order valence-corrected chi connectivity index (χ3v) is 7.33. The topological polar surface area (TPSA) is 84.9 Å². The quantitative estimate of drug-likeness (QED) is 0.540. The maximum atomic E-state index is 13.6. The molecular formula is C21H25FN2O5S2. The number of nitrogens with one attached hydrogen (secondary N) is 1. The summed E-state index contributed by atoms with van der Waals surface area (Å²) >= 11 is 1.49. The molecule has 10 heteroatoms. The van der Waals surface area contributed by atoms with E-state index in [1.165, 1.54) is 24.8 Å². The summed E-state index contributed by atoms with van der Waals surface area (Å²) in [6, 6.07) is 11.4. The largest absolute Gasteiger partial charge is 0.486 e. The first-order chi connectivity index (χ1) is 14.9. The minimum Gasteiger partial charge on any atom is -0.486 e. The highest BCUT2D eigenvalue weighted by atomic mass is 32.2. The van der Waals surface area contributed by atoms with Crippen LogP contribution in [0.15, 0.2) is 42.5 Å². The molecule has 1 aliphatic rings. The van der Waals surface area contributed by atoms with Crippen LogP contribution < -0.4 is 19.1 Å². The SMILES string of the molecule is CCS(=O)(=O)N(CC(=O)NCCSCc1ccccc1F)c1ccc2c(c1)OCCO2. The number of thioether (sulfide) groups is 1. The monoisotopic (exact) mass is 468 g/mol. The Morgan fingerprint density at radius 3 is 2.65 bits per heavy atom. The molecule has 0 radical (unpaired) electrons. The first-order valence-electron chi connectivity index (χ1n) is 9.88. The van der Waals surface area contributed by atoms with Gasteiger partial charge in [-0.05, 0) is 30.7 Å².